The van der Waals surface area contributed by atoms with Gasteiger partial charge in [-0.25, -0.2) is 0 Å². The van der Waals surface area contributed by atoms with Crippen LogP contribution in [0.4, 0.5) is 0 Å². The number of aryl methyl sites for hydroxylation is 1. The Morgan fingerprint density at radius 2 is 1.59 bits per heavy atom. The normalized spacial score (nSPS) is 21.7. The van der Waals surface area contributed by atoms with Crippen LogP contribution in [-0.2, 0) is 20.8 Å². The van der Waals surface area contributed by atoms with Crippen LogP contribution >= 0.6 is 0 Å². The lowest BCUT2D eigenvalue weighted by Crippen LogP contribution is -2.43. The van der Waals surface area contributed by atoms with Crippen molar-refractivity contribution in [1.29, 1.82) is 0 Å². The summed E-state index contributed by atoms with van der Waals surface area (Å²) in [5.74, 6) is -1.58. The second kappa shape index (κ2) is 8.33. The molecule has 27 heavy (non-hydrogen) atoms. The van der Waals surface area contributed by atoms with E-state index in [1.807, 2.05) is 19.1 Å². The van der Waals surface area contributed by atoms with E-state index in [-0.39, 0.29) is 36.6 Å². The average molecular weight is 371 g/mol. The van der Waals surface area contributed by atoms with Crippen molar-refractivity contribution in [2.45, 2.75) is 45.4 Å². The molecule has 1 saturated carbocycles. The molecule has 0 aromatic heterocycles. The SMILES string of the molecule is CCc1ccc(C(=O)NNC(=O)CCN2C(=O)[C@@H]3CCCC[C@H]3C2=O)cc1. The molecule has 0 radical (unpaired) electrons. The fourth-order valence-corrected chi connectivity index (χ4v) is 3.82. The number of amides is 4. The Morgan fingerprint density at radius 1 is 1.00 bits per heavy atom. The maximum atomic E-state index is 12.4. The van der Waals surface area contributed by atoms with Crippen LogP contribution in [0.5, 0.6) is 0 Å². The number of fused-ring (bicyclic) bond motifs is 1. The molecule has 1 heterocycles. The van der Waals surface area contributed by atoms with Gasteiger partial charge >= 0.3 is 0 Å². The predicted octanol–water partition coefficient (Wildman–Crippen LogP) is 1.58. The molecule has 1 aliphatic heterocycles. The van der Waals surface area contributed by atoms with E-state index in [0.29, 0.717) is 5.56 Å². The van der Waals surface area contributed by atoms with E-state index >= 15 is 0 Å². The van der Waals surface area contributed by atoms with Crippen molar-refractivity contribution in [3.8, 4) is 0 Å². The van der Waals surface area contributed by atoms with Gasteiger partial charge in [-0.15, -0.1) is 0 Å². The molecule has 144 valence electrons. The highest BCUT2D eigenvalue weighted by atomic mass is 16.2. The number of rotatable bonds is 5. The fraction of sp³-hybridized carbons (Fsp3) is 0.500. The van der Waals surface area contributed by atoms with Crippen molar-refractivity contribution >= 4 is 23.6 Å². The Balaban J connectivity index is 1.46. The number of hydrogen-bond donors (Lipinski definition) is 2. The zero-order chi connectivity index (χ0) is 19.4. The maximum absolute atomic E-state index is 12.4. The van der Waals surface area contributed by atoms with E-state index in [0.717, 1.165) is 37.7 Å². The lowest BCUT2D eigenvalue weighted by Gasteiger charge is -2.19. The monoisotopic (exact) mass is 371 g/mol. The maximum Gasteiger partial charge on any atom is 0.269 e. The molecule has 7 heteroatoms. The number of nitrogens with one attached hydrogen (secondary N) is 2. The van der Waals surface area contributed by atoms with Crippen LogP contribution in [0.15, 0.2) is 24.3 Å². The van der Waals surface area contributed by atoms with Gasteiger partial charge in [0.05, 0.1) is 11.8 Å². The molecule has 2 atom stereocenters. The Labute approximate surface area is 158 Å². The van der Waals surface area contributed by atoms with Crippen molar-refractivity contribution in [3.63, 3.8) is 0 Å². The number of hydrazine groups is 1. The first-order valence-corrected chi connectivity index (χ1v) is 9.54. The Morgan fingerprint density at radius 3 is 2.15 bits per heavy atom. The molecule has 0 bridgehead atoms. The van der Waals surface area contributed by atoms with Crippen molar-refractivity contribution in [2.24, 2.45) is 11.8 Å². The molecule has 1 saturated heterocycles. The van der Waals surface area contributed by atoms with Crippen LogP contribution in [-0.4, -0.2) is 35.1 Å². The fourth-order valence-electron chi connectivity index (χ4n) is 3.82. The summed E-state index contributed by atoms with van der Waals surface area (Å²) in [4.78, 5) is 50.0. The first-order chi connectivity index (χ1) is 13.0. The van der Waals surface area contributed by atoms with Crippen LogP contribution in [0.25, 0.3) is 0 Å². The molecule has 2 aliphatic rings. The lowest BCUT2D eigenvalue weighted by molar-refractivity contribution is -0.140. The average Bonchev–Trinajstić information content (AvgIpc) is 2.95. The van der Waals surface area contributed by atoms with E-state index < -0.39 is 11.8 Å². The summed E-state index contributed by atoms with van der Waals surface area (Å²) in [6, 6.07) is 7.12. The molecule has 1 aromatic carbocycles. The molecular weight excluding hydrogens is 346 g/mol. The third-order valence-electron chi connectivity index (χ3n) is 5.43. The summed E-state index contributed by atoms with van der Waals surface area (Å²) in [5, 5.41) is 0. The third kappa shape index (κ3) is 4.18. The Hall–Kier alpha value is -2.70. The third-order valence-corrected chi connectivity index (χ3v) is 5.43. The second-order valence-electron chi connectivity index (χ2n) is 7.13. The Bertz CT molecular complexity index is 720. The van der Waals surface area contributed by atoms with Gasteiger partial charge in [-0.05, 0) is 37.0 Å². The van der Waals surface area contributed by atoms with Gasteiger partial charge in [-0.1, -0.05) is 31.9 Å². The van der Waals surface area contributed by atoms with E-state index in [9.17, 15) is 19.2 Å². The molecule has 2 N–H and O–H groups in total. The quantitative estimate of drug-likeness (QED) is 0.607. The number of benzene rings is 1. The molecule has 0 spiro atoms. The minimum Gasteiger partial charge on any atom is -0.282 e. The molecule has 3 rings (SSSR count). The van der Waals surface area contributed by atoms with Gasteiger partial charge < -0.3 is 0 Å². The molecule has 2 fully saturated rings. The highest BCUT2D eigenvalue weighted by Gasteiger charge is 2.47. The summed E-state index contributed by atoms with van der Waals surface area (Å²) in [6.07, 6.45) is 4.30. The zero-order valence-corrected chi connectivity index (χ0v) is 15.5. The smallest absolute Gasteiger partial charge is 0.269 e. The zero-order valence-electron chi connectivity index (χ0n) is 15.5. The molecule has 1 aliphatic carbocycles. The van der Waals surface area contributed by atoms with E-state index in [2.05, 4.69) is 10.9 Å². The van der Waals surface area contributed by atoms with Crippen molar-refractivity contribution in [2.75, 3.05) is 6.54 Å². The van der Waals surface area contributed by atoms with Gasteiger partial charge in [0, 0.05) is 18.5 Å². The first-order valence-electron chi connectivity index (χ1n) is 9.54. The van der Waals surface area contributed by atoms with E-state index in [1.54, 1.807) is 12.1 Å². The van der Waals surface area contributed by atoms with E-state index in [1.165, 1.54) is 4.90 Å². The van der Waals surface area contributed by atoms with Crippen LogP contribution in [0.3, 0.4) is 0 Å². The molecule has 1 aromatic rings. The summed E-state index contributed by atoms with van der Waals surface area (Å²) >= 11 is 0. The molecule has 4 amide bonds. The summed E-state index contributed by atoms with van der Waals surface area (Å²) in [5.41, 5.74) is 6.26. The van der Waals surface area contributed by atoms with Gasteiger partial charge in [-0.2, -0.15) is 0 Å². The van der Waals surface area contributed by atoms with Crippen LogP contribution in [0.1, 0.15) is 54.9 Å². The van der Waals surface area contributed by atoms with Crippen LogP contribution in [0, 0.1) is 11.8 Å². The van der Waals surface area contributed by atoms with Crippen molar-refractivity contribution < 1.29 is 19.2 Å². The topological polar surface area (TPSA) is 95.6 Å². The molecule has 7 nitrogen and oxygen atoms in total. The van der Waals surface area contributed by atoms with Gasteiger partial charge in [0.25, 0.3) is 5.91 Å². The summed E-state index contributed by atoms with van der Waals surface area (Å²) in [7, 11) is 0. The van der Waals surface area contributed by atoms with Crippen molar-refractivity contribution in [3.05, 3.63) is 35.4 Å². The first kappa shape index (κ1) is 19.1. The Kier molecular flexibility index (Phi) is 5.88. The minimum atomic E-state index is -0.441. The molecular formula is C20H25N3O4. The number of carbonyl (C=O) groups excluding carboxylic acids is 4. The van der Waals surface area contributed by atoms with Crippen molar-refractivity contribution in [1.82, 2.24) is 15.8 Å². The van der Waals surface area contributed by atoms with Gasteiger partial charge in [-0.3, -0.25) is 34.9 Å². The number of nitrogens with zero attached hydrogens (tertiary/aromatic N) is 1. The van der Waals surface area contributed by atoms with Gasteiger partial charge in [0.2, 0.25) is 17.7 Å². The van der Waals surface area contributed by atoms with E-state index in [4.69, 9.17) is 0 Å². The lowest BCUT2D eigenvalue weighted by atomic mass is 9.81. The largest absolute Gasteiger partial charge is 0.282 e. The van der Waals surface area contributed by atoms with Gasteiger partial charge in [0.15, 0.2) is 0 Å². The standard InChI is InChI=1S/C20H25N3O4/c1-2-13-7-9-14(10-8-13)18(25)22-21-17(24)11-12-23-19(26)15-5-3-4-6-16(15)20(23)27/h7-10,15-16H,2-6,11-12H2,1H3,(H,21,24)(H,22,25)/t15-,16-/m1/s1. The second-order valence-corrected chi connectivity index (χ2v) is 7.13. The highest BCUT2D eigenvalue weighted by Crippen LogP contribution is 2.37. The summed E-state index contributed by atoms with van der Waals surface area (Å²) in [6.45, 7) is 2.08. The minimum absolute atomic E-state index is 0.0357. The van der Waals surface area contributed by atoms with Crippen LogP contribution < -0.4 is 10.9 Å². The highest BCUT2D eigenvalue weighted by molar-refractivity contribution is 6.05. The summed E-state index contributed by atoms with van der Waals surface area (Å²) < 4.78 is 0. The number of carbonyl (C=O) groups is 4. The van der Waals surface area contributed by atoms with Gasteiger partial charge in [0.1, 0.15) is 0 Å². The predicted molar refractivity (Wildman–Crippen MR) is 98.2 cm³/mol. The number of hydrogen-bond acceptors (Lipinski definition) is 4. The number of imide groups is 1. The number of likely N-dealkylation sites (tertiary alicyclic amines) is 1. The van der Waals surface area contributed by atoms with Crippen LogP contribution in [0.2, 0.25) is 0 Å². The molecule has 0 unspecified atom stereocenters.